The Balaban J connectivity index is 1.70. The summed E-state index contributed by atoms with van der Waals surface area (Å²) in [7, 11) is 1.68. The Morgan fingerprint density at radius 3 is 2.42 bits per heavy atom. The highest BCUT2D eigenvalue weighted by Crippen LogP contribution is 2.31. The number of carboxylic acids is 1. The second-order valence-electron chi connectivity index (χ2n) is 6.11. The van der Waals surface area contributed by atoms with E-state index in [2.05, 4.69) is 10.6 Å². The smallest absolute Gasteiger partial charge is 0.329 e. The number of nitrogens with zero attached hydrogens (tertiary/aromatic N) is 1. The molecular formula is C17H23N3O4. The van der Waals surface area contributed by atoms with Gasteiger partial charge in [0, 0.05) is 26.6 Å². The number of urea groups is 1. The van der Waals surface area contributed by atoms with Crippen molar-refractivity contribution in [2.45, 2.75) is 37.8 Å². The normalized spacial score (nSPS) is 15.0. The third-order valence-corrected chi connectivity index (χ3v) is 4.23. The molecule has 7 nitrogen and oxygen atoms in total. The molecule has 0 spiro atoms. The van der Waals surface area contributed by atoms with Crippen LogP contribution < -0.4 is 10.6 Å². The summed E-state index contributed by atoms with van der Waals surface area (Å²) >= 11 is 0. The van der Waals surface area contributed by atoms with Crippen molar-refractivity contribution in [1.29, 1.82) is 0 Å². The lowest BCUT2D eigenvalue weighted by Crippen LogP contribution is -2.59. The second kappa shape index (κ2) is 7.81. The standard InChI is InChI=1S/C17H23N3O4/c1-20(12-13-6-3-2-4-7-13)16(24)18-11-8-14(21)19-17(15(22)23)9-5-10-17/h2-4,6-7H,5,8-12H2,1H3,(H,18,24)(H,19,21)(H,22,23). The highest BCUT2D eigenvalue weighted by molar-refractivity contribution is 5.88. The predicted molar refractivity (Wildman–Crippen MR) is 88.3 cm³/mol. The molecule has 0 aliphatic heterocycles. The molecule has 2 rings (SSSR count). The topological polar surface area (TPSA) is 98.7 Å². The molecule has 1 aromatic rings. The van der Waals surface area contributed by atoms with Crippen LogP contribution in [0.3, 0.4) is 0 Å². The molecule has 1 fully saturated rings. The molecule has 1 aliphatic rings. The third-order valence-electron chi connectivity index (χ3n) is 4.23. The number of aliphatic carboxylic acids is 1. The van der Waals surface area contributed by atoms with Gasteiger partial charge in [-0.3, -0.25) is 4.79 Å². The lowest BCUT2D eigenvalue weighted by atomic mass is 9.76. The van der Waals surface area contributed by atoms with Gasteiger partial charge in [0.05, 0.1) is 0 Å². The zero-order chi connectivity index (χ0) is 17.6. The van der Waals surface area contributed by atoms with Crippen molar-refractivity contribution in [2.75, 3.05) is 13.6 Å². The maximum Gasteiger partial charge on any atom is 0.329 e. The lowest BCUT2D eigenvalue weighted by molar-refractivity contribution is -0.151. The van der Waals surface area contributed by atoms with E-state index < -0.39 is 11.5 Å². The lowest BCUT2D eigenvalue weighted by Gasteiger charge is -2.38. The molecule has 0 radical (unpaired) electrons. The SMILES string of the molecule is CN(Cc1ccccc1)C(=O)NCCC(=O)NC1(C(=O)O)CCC1. The first-order chi connectivity index (χ1) is 11.4. The van der Waals surface area contributed by atoms with E-state index in [9.17, 15) is 14.4 Å². The molecule has 0 aromatic heterocycles. The number of amides is 3. The van der Waals surface area contributed by atoms with Crippen molar-refractivity contribution >= 4 is 17.9 Å². The molecule has 24 heavy (non-hydrogen) atoms. The first-order valence-electron chi connectivity index (χ1n) is 8.00. The molecule has 1 saturated carbocycles. The summed E-state index contributed by atoms with van der Waals surface area (Å²) in [5.41, 5.74) is -0.0909. The van der Waals surface area contributed by atoms with Crippen molar-refractivity contribution in [3.63, 3.8) is 0 Å². The molecule has 0 saturated heterocycles. The monoisotopic (exact) mass is 333 g/mol. The average molecular weight is 333 g/mol. The van der Waals surface area contributed by atoms with Gasteiger partial charge in [-0.2, -0.15) is 0 Å². The van der Waals surface area contributed by atoms with Gasteiger partial charge in [0.2, 0.25) is 5.91 Å². The van der Waals surface area contributed by atoms with Gasteiger partial charge in [0.25, 0.3) is 0 Å². The Bertz CT molecular complexity index is 599. The minimum absolute atomic E-state index is 0.0555. The van der Waals surface area contributed by atoms with Crippen LogP contribution in [0.2, 0.25) is 0 Å². The van der Waals surface area contributed by atoms with E-state index in [-0.39, 0.29) is 24.9 Å². The van der Waals surface area contributed by atoms with Crippen LogP contribution in [0.1, 0.15) is 31.2 Å². The summed E-state index contributed by atoms with van der Waals surface area (Å²) in [5.74, 6) is -1.35. The van der Waals surface area contributed by atoms with Gasteiger partial charge in [0.15, 0.2) is 0 Å². The predicted octanol–water partition coefficient (Wildman–Crippen LogP) is 1.34. The molecule has 0 unspecified atom stereocenters. The van der Waals surface area contributed by atoms with Crippen molar-refractivity contribution in [1.82, 2.24) is 15.5 Å². The molecule has 1 aliphatic carbocycles. The van der Waals surface area contributed by atoms with Gasteiger partial charge in [-0.15, -0.1) is 0 Å². The molecule has 0 bridgehead atoms. The van der Waals surface area contributed by atoms with Crippen LogP contribution in [-0.4, -0.2) is 47.0 Å². The Hall–Kier alpha value is -2.57. The van der Waals surface area contributed by atoms with Crippen LogP contribution in [0.4, 0.5) is 4.79 Å². The van der Waals surface area contributed by atoms with Crippen molar-refractivity contribution in [3.8, 4) is 0 Å². The number of hydrogen-bond donors (Lipinski definition) is 3. The highest BCUT2D eigenvalue weighted by Gasteiger charge is 2.45. The Morgan fingerprint density at radius 2 is 1.88 bits per heavy atom. The zero-order valence-electron chi connectivity index (χ0n) is 13.7. The van der Waals surface area contributed by atoms with E-state index in [1.165, 1.54) is 4.90 Å². The quantitative estimate of drug-likeness (QED) is 0.701. The summed E-state index contributed by atoms with van der Waals surface area (Å²) in [6.07, 6.45) is 1.77. The highest BCUT2D eigenvalue weighted by atomic mass is 16.4. The van der Waals surface area contributed by atoms with Gasteiger partial charge in [-0.25, -0.2) is 9.59 Å². The van der Waals surface area contributed by atoms with Crippen LogP contribution in [0, 0.1) is 0 Å². The first-order valence-corrected chi connectivity index (χ1v) is 8.00. The Kier molecular flexibility index (Phi) is 5.78. The molecular weight excluding hydrogens is 310 g/mol. The van der Waals surface area contributed by atoms with Crippen LogP contribution in [-0.2, 0) is 16.1 Å². The van der Waals surface area contributed by atoms with Crippen LogP contribution in [0.5, 0.6) is 0 Å². The van der Waals surface area contributed by atoms with Gasteiger partial charge in [0.1, 0.15) is 5.54 Å². The number of carbonyl (C=O) groups excluding carboxylic acids is 2. The fourth-order valence-corrected chi connectivity index (χ4v) is 2.60. The van der Waals surface area contributed by atoms with Crippen LogP contribution >= 0.6 is 0 Å². The number of hydrogen-bond acceptors (Lipinski definition) is 3. The van der Waals surface area contributed by atoms with Crippen molar-refractivity contribution < 1.29 is 19.5 Å². The first kappa shape index (κ1) is 17.8. The maximum absolute atomic E-state index is 12.0. The van der Waals surface area contributed by atoms with Crippen molar-refractivity contribution in [2.24, 2.45) is 0 Å². The zero-order valence-corrected chi connectivity index (χ0v) is 13.7. The molecule has 7 heteroatoms. The van der Waals surface area contributed by atoms with Gasteiger partial charge in [-0.05, 0) is 24.8 Å². The van der Waals surface area contributed by atoms with Gasteiger partial charge >= 0.3 is 12.0 Å². The summed E-state index contributed by atoms with van der Waals surface area (Å²) in [4.78, 5) is 36.6. The van der Waals surface area contributed by atoms with Gasteiger partial charge in [-0.1, -0.05) is 30.3 Å². The van der Waals surface area contributed by atoms with Crippen LogP contribution in [0.25, 0.3) is 0 Å². The van der Waals surface area contributed by atoms with E-state index in [0.29, 0.717) is 19.4 Å². The summed E-state index contributed by atoms with van der Waals surface area (Å²) in [6, 6.07) is 9.31. The molecule has 130 valence electrons. The van der Waals surface area contributed by atoms with Crippen LogP contribution in [0.15, 0.2) is 30.3 Å². The summed E-state index contributed by atoms with van der Waals surface area (Å²) in [6.45, 7) is 0.639. The van der Waals surface area contributed by atoms with Crippen molar-refractivity contribution in [3.05, 3.63) is 35.9 Å². The number of benzene rings is 1. The largest absolute Gasteiger partial charge is 0.480 e. The number of carboxylic acid groups (broad SMARTS) is 1. The molecule has 0 atom stereocenters. The molecule has 3 amide bonds. The molecule has 1 aromatic carbocycles. The van der Waals surface area contributed by atoms with E-state index in [0.717, 1.165) is 12.0 Å². The maximum atomic E-state index is 12.0. The Morgan fingerprint density at radius 1 is 1.21 bits per heavy atom. The van der Waals surface area contributed by atoms with E-state index in [4.69, 9.17) is 5.11 Å². The van der Waals surface area contributed by atoms with E-state index in [1.54, 1.807) is 7.05 Å². The van der Waals surface area contributed by atoms with E-state index in [1.807, 2.05) is 30.3 Å². The number of rotatable bonds is 7. The fraction of sp³-hybridized carbons (Fsp3) is 0.471. The average Bonchev–Trinajstić information content (AvgIpc) is 2.51. The minimum Gasteiger partial charge on any atom is -0.480 e. The molecule has 0 heterocycles. The minimum atomic E-state index is -1.11. The third kappa shape index (κ3) is 4.47. The number of carbonyl (C=O) groups is 3. The fourth-order valence-electron chi connectivity index (χ4n) is 2.60. The Labute approximate surface area is 141 Å². The molecule has 3 N–H and O–H groups in total. The van der Waals surface area contributed by atoms with E-state index >= 15 is 0 Å². The van der Waals surface area contributed by atoms with Gasteiger partial charge < -0.3 is 20.6 Å². The second-order valence-corrected chi connectivity index (χ2v) is 6.11. The summed E-state index contributed by atoms with van der Waals surface area (Å²) in [5, 5.41) is 14.4. The summed E-state index contributed by atoms with van der Waals surface area (Å²) < 4.78 is 0. The number of nitrogens with one attached hydrogen (secondary N) is 2.